The van der Waals surface area contributed by atoms with Gasteiger partial charge in [0.1, 0.15) is 0 Å². The Morgan fingerprint density at radius 2 is 2.24 bits per heavy atom. The second kappa shape index (κ2) is 4.42. The maximum Gasteiger partial charge on any atom is 0.339 e. The first-order chi connectivity index (χ1) is 8.08. The van der Waals surface area contributed by atoms with E-state index in [1.165, 1.54) is 22.6 Å². The van der Waals surface area contributed by atoms with E-state index in [0.29, 0.717) is 10.8 Å². The van der Waals surface area contributed by atoms with Gasteiger partial charge >= 0.3 is 11.1 Å². The van der Waals surface area contributed by atoms with Crippen molar-refractivity contribution in [2.45, 2.75) is 10.1 Å². The number of hydrogen-bond acceptors (Lipinski definition) is 6. The summed E-state index contributed by atoms with van der Waals surface area (Å²) in [6.07, 6.45) is 3.09. The van der Waals surface area contributed by atoms with Gasteiger partial charge < -0.3 is 5.73 Å². The van der Waals surface area contributed by atoms with Gasteiger partial charge in [0.25, 0.3) is 0 Å². The summed E-state index contributed by atoms with van der Waals surface area (Å²) in [6.45, 7) is 0. The Labute approximate surface area is 99.7 Å². The lowest BCUT2D eigenvalue weighted by Gasteiger charge is -2.06. The number of anilines is 1. The van der Waals surface area contributed by atoms with Crippen molar-refractivity contribution in [2.75, 3.05) is 5.73 Å². The second-order valence-corrected chi connectivity index (χ2v) is 4.22. The van der Waals surface area contributed by atoms with E-state index < -0.39 is 11.1 Å². The highest BCUT2D eigenvalue weighted by molar-refractivity contribution is 7.99. The molecule has 2 rings (SSSR count). The Balaban J connectivity index is 2.44. The Bertz CT molecular complexity index is 663. The first kappa shape index (κ1) is 11.4. The maximum atomic E-state index is 11.1. The normalized spacial score (nSPS) is 10.4. The van der Waals surface area contributed by atoms with E-state index in [-0.39, 0.29) is 0 Å². The third-order valence-electron chi connectivity index (χ3n) is 1.96. The summed E-state index contributed by atoms with van der Waals surface area (Å²) in [7, 11) is 1.59. The third-order valence-corrected chi connectivity index (χ3v) is 3.10. The van der Waals surface area contributed by atoms with Gasteiger partial charge in [0.2, 0.25) is 0 Å². The number of aromatic amines is 1. The molecule has 0 aliphatic carbocycles. The molecular weight excluding hydrogens is 242 g/mol. The molecule has 0 aliphatic heterocycles. The SMILES string of the molecule is Cn1[nH]c(=O)c(=O)nc1Sc1ccncc1N. The number of nitrogens with one attached hydrogen (secondary N) is 1. The molecule has 2 aromatic rings. The standard InChI is InChI=1S/C9H9N5O2S/c1-14-9(12-7(15)8(16)13-14)17-6-2-3-11-4-5(6)10/h2-4H,10H2,1H3,(H,13,16). The topological polar surface area (TPSA) is 107 Å². The molecule has 0 amide bonds. The number of aryl methyl sites for hydroxylation is 1. The number of nitrogen functional groups attached to an aromatic ring is 1. The van der Waals surface area contributed by atoms with Crippen LogP contribution in [-0.4, -0.2) is 19.7 Å². The first-order valence-corrected chi connectivity index (χ1v) is 5.44. The fraction of sp³-hybridized carbons (Fsp3) is 0.111. The fourth-order valence-electron chi connectivity index (χ4n) is 1.14. The molecule has 0 fully saturated rings. The van der Waals surface area contributed by atoms with Gasteiger partial charge in [0, 0.05) is 18.1 Å². The quantitative estimate of drug-likeness (QED) is 0.703. The average molecular weight is 251 g/mol. The average Bonchev–Trinajstić information content (AvgIpc) is 2.29. The number of H-pyrrole nitrogens is 1. The number of rotatable bonds is 2. The summed E-state index contributed by atoms with van der Waals surface area (Å²) in [5.41, 5.74) is 4.63. The van der Waals surface area contributed by atoms with Crippen LogP contribution >= 0.6 is 11.8 Å². The molecule has 2 aromatic heterocycles. The van der Waals surface area contributed by atoms with E-state index >= 15 is 0 Å². The Kier molecular flexibility index (Phi) is 2.96. The van der Waals surface area contributed by atoms with Crippen molar-refractivity contribution in [1.82, 2.24) is 19.7 Å². The molecule has 3 N–H and O–H groups in total. The molecule has 8 heteroatoms. The first-order valence-electron chi connectivity index (χ1n) is 4.62. The van der Waals surface area contributed by atoms with Crippen LogP contribution in [-0.2, 0) is 7.05 Å². The summed E-state index contributed by atoms with van der Waals surface area (Å²) >= 11 is 1.18. The Morgan fingerprint density at radius 3 is 2.94 bits per heavy atom. The Hall–Kier alpha value is -2.09. The van der Waals surface area contributed by atoms with Crippen molar-refractivity contribution in [1.29, 1.82) is 0 Å². The number of nitrogens with two attached hydrogens (primary N) is 1. The lowest BCUT2D eigenvalue weighted by atomic mass is 10.4. The van der Waals surface area contributed by atoms with Crippen molar-refractivity contribution in [3.05, 3.63) is 39.2 Å². The molecule has 7 nitrogen and oxygen atoms in total. The van der Waals surface area contributed by atoms with Gasteiger partial charge in [-0.3, -0.25) is 24.4 Å². The monoisotopic (exact) mass is 251 g/mol. The summed E-state index contributed by atoms with van der Waals surface area (Å²) in [6, 6.07) is 1.71. The molecule has 0 aliphatic rings. The van der Waals surface area contributed by atoms with Crippen LogP contribution in [0.25, 0.3) is 0 Å². The van der Waals surface area contributed by atoms with Crippen LogP contribution in [0.1, 0.15) is 0 Å². The van der Waals surface area contributed by atoms with E-state index in [0.717, 1.165) is 4.90 Å². The van der Waals surface area contributed by atoms with Gasteiger partial charge in [-0.1, -0.05) is 0 Å². The van der Waals surface area contributed by atoms with Crippen LogP contribution in [0.4, 0.5) is 5.69 Å². The lowest BCUT2D eigenvalue weighted by molar-refractivity contribution is 0.596. The third kappa shape index (κ3) is 2.36. The minimum atomic E-state index is -0.821. The molecule has 0 atom stereocenters. The zero-order valence-electron chi connectivity index (χ0n) is 8.88. The predicted octanol–water partition coefficient (Wildman–Crippen LogP) is -0.403. The summed E-state index contributed by atoms with van der Waals surface area (Å²) in [5.74, 6) is 0. The summed E-state index contributed by atoms with van der Waals surface area (Å²) in [4.78, 5) is 30.4. The minimum Gasteiger partial charge on any atom is -0.397 e. The van der Waals surface area contributed by atoms with Crippen LogP contribution in [0.2, 0.25) is 0 Å². The van der Waals surface area contributed by atoms with Crippen LogP contribution in [0.15, 0.2) is 38.1 Å². The summed E-state index contributed by atoms with van der Waals surface area (Å²) < 4.78 is 1.37. The smallest absolute Gasteiger partial charge is 0.339 e. The van der Waals surface area contributed by atoms with E-state index in [2.05, 4.69) is 15.1 Å². The van der Waals surface area contributed by atoms with Crippen LogP contribution < -0.4 is 16.9 Å². The van der Waals surface area contributed by atoms with E-state index in [1.807, 2.05) is 0 Å². The van der Waals surface area contributed by atoms with Crippen LogP contribution in [0.3, 0.4) is 0 Å². The van der Waals surface area contributed by atoms with E-state index in [1.54, 1.807) is 19.3 Å². The molecule has 0 aromatic carbocycles. The van der Waals surface area contributed by atoms with Crippen LogP contribution in [0, 0.1) is 0 Å². The molecule has 0 saturated carbocycles. The van der Waals surface area contributed by atoms with Crippen molar-refractivity contribution in [3.63, 3.8) is 0 Å². The largest absolute Gasteiger partial charge is 0.397 e. The highest BCUT2D eigenvalue weighted by Gasteiger charge is 2.07. The van der Waals surface area contributed by atoms with E-state index in [4.69, 9.17) is 5.73 Å². The predicted molar refractivity (Wildman–Crippen MR) is 62.9 cm³/mol. The Morgan fingerprint density at radius 1 is 1.47 bits per heavy atom. The van der Waals surface area contributed by atoms with Gasteiger partial charge in [0.15, 0.2) is 5.16 Å². The number of nitrogens with zero attached hydrogens (tertiary/aromatic N) is 3. The van der Waals surface area contributed by atoms with Crippen molar-refractivity contribution >= 4 is 17.4 Å². The van der Waals surface area contributed by atoms with Crippen molar-refractivity contribution in [2.24, 2.45) is 7.05 Å². The zero-order chi connectivity index (χ0) is 12.4. The number of hydrogen-bond donors (Lipinski definition) is 2. The highest BCUT2D eigenvalue weighted by Crippen LogP contribution is 2.28. The lowest BCUT2D eigenvalue weighted by Crippen LogP contribution is -2.33. The van der Waals surface area contributed by atoms with Crippen LogP contribution in [0.5, 0.6) is 0 Å². The molecule has 0 bridgehead atoms. The maximum absolute atomic E-state index is 11.1. The molecule has 0 radical (unpaired) electrons. The molecule has 0 unspecified atom stereocenters. The van der Waals surface area contributed by atoms with Gasteiger partial charge in [0.05, 0.1) is 11.9 Å². The highest BCUT2D eigenvalue weighted by atomic mass is 32.2. The van der Waals surface area contributed by atoms with Gasteiger partial charge in [-0.15, -0.1) is 0 Å². The molecular formula is C9H9N5O2S. The van der Waals surface area contributed by atoms with E-state index in [9.17, 15) is 9.59 Å². The van der Waals surface area contributed by atoms with Gasteiger partial charge in [-0.05, 0) is 17.8 Å². The minimum absolute atomic E-state index is 0.354. The fourth-order valence-corrected chi connectivity index (χ4v) is 1.94. The molecule has 0 saturated heterocycles. The zero-order valence-corrected chi connectivity index (χ0v) is 9.69. The number of aromatic nitrogens is 4. The number of pyridine rings is 1. The second-order valence-electron chi connectivity index (χ2n) is 3.22. The van der Waals surface area contributed by atoms with Crippen molar-refractivity contribution < 1.29 is 0 Å². The molecule has 17 heavy (non-hydrogen) atoms. The van der Waals surface area contributed by atoms with Gasteiger partial charge in [-0.25, -0.2) is 0 Å². The van der Waals surface area contributed by atoms with Crippen molar-refractivity contribution in [3.8, 4) is 0 Å². The molecule has 2 heterocycles. The molecule has 0 spiro atoms. The molecule has 88 valence electrons. The van der Waals surface area contributed by atoms with Gasteiger partial charge in [-0.2, -0.15) is 4.98 Å². The summed E-state index contributed by atoms with van der Waals surface area (Å²) in [5, 5.41) is 2.71.